The van der Waals surface area contributed by atoms with Crippen molar-refractivity contribution in [2.45, 2.75) is 26.4 Å². The van der Waals surface area contributed by atoms with E-state index in [4.69, 9.17) is 9.26 Å². The summed E-state index contributed by atoms with van der Waals surface area (Å²) >= 11 is 1.69. The maximum atomic E-state index is 5.84. The first-order chi connectivity index (χ1) is 13.2. The van der Waals surface area contributed by atoms with Crippen molar-refractivity contribution >= 4 is 11.3 Å². The zero-order valence-corrected chi connectivity index (χ0v) is 15.9. The van der Waals surface area contributed by atoms with Crippen LogP contribution in [0.15, 0.2) is 64.5 Å². The summed E-state index contributed by atoms with van der Waals surface area (Å²) in [7, 11) is 0. The number of para-hydroxylation sites is 1. The van der Waals surface area contributed by atoms with Crippen molar-refractivity contribution in [3.05, 3.63) is 70.9 Å². The fraction of sp³-hybridized carbons (Fsp3) is 0.190. The van der Waals surface area contributed by atoms with E-state index in [1.54, 1.807) is 11.3 Å². The molecule has 0 N–H and O–H groups in total. The van der Waals surface area contributed by atoms with Gasteiger partial charge in [-0.05, 0) is 25.5 Å². The molecule has 0 saturated heterocycles. The number of nitrogens with zero attached hydrogens (tertiary/aromatic N) is 3. The number of aryl methyl sites for hydroxylation is 1. The number of thiazole rings is 1. The van der Waals surface area contributed by atoms with Gasteiger partial charge in [-0.25, -0.2) is 4.98 Å². The molecule has 5 nitrogen and oxygen atoms in total. The van der Waals surface area contributed by atoms with E-state index in [-0.39, 0.29) is 6.10 Å². The van der Waals surface area contributed by atoms with Crippen LogP contribution in [-0.2, 0) is 6.42 Å². The minimum Gasteiger partial charge on any atom is -0.481 e. The third-order valence-electron chi connectivity index (χ3n) is 4.14. The molecule has 1 atom stereocenters. The van der Waals surface area contributed by atoms with Crippen LogP contribution in [0, 0.1) is 0 Å². The molecule has 0 aliphatic carbocycles. The highest BCUT2D eigenvalue weighted by Gasteiger charge is 2.17. The van der Waals surface area contributed by atoms with Gasteiger partial charge >= 0.3 is 0 Å². The van der Waals surface area contributed by atoms with Crippen molar-refractivity contribution in [2.75, 3.05) is 0 Å². The number of hydrogen-bond donors (Lipinski definition) is 0. The monoisotopic (exact) mass is 377 g/mol. The highest BCUT2D eigenvalue weighted by molar-refractivity contribution is 7.09. The van der Waals surface area contributed by atoms with Gasteiger partial charge < -0.3 is 9.26 Å². The van der Waals surface area contributed by atoms with E-state index in [9.17, 15) is 0 Å². The average molecular weight is 377 g/mol. The molecule has 4 rings (SSSR count). The maximum absolute atomic E-state index is 5.84. The van der Waals surface area contributed by atoms with Gasteiger partial charge in [-0.15, -0.1) is 11.3 Å². The molecule has 0 aliphatic heterocycles. The Morgan fingerprint density at radius 1 is 1.00 bits per heavy atom. The SMILES string of the molecule is CCc1nc(-c2ccc(-c3noc([C@H](C)Oc4ccccc4)n3)cc2)cs1. The van der Waals surface area contributed by atoms with Crippen molar-refractivity contribution in [1.82, 2.24) is 15.1 Å². The molecule has 4 aromatic rings. The van der Waals surface area contributed by atoms with Gasteiger partial charge in [0.1, 0.15) is 5.75 Å². The van der Waals surface area contributed by atoms with Crippen LogP contribution in [0.25, 0.3) is 22.6 Å². The van der Waals surface area contributed by atoms with Gasteiger partial charge in [0, 0.05) is 16.5 Å². The largest absolute Gasteiger partial charge is 0.481 e. The number of rotatable bonds is 6. The highest BCUT2D eigenvalue weighted by atomic mass is 32.1. The fourth-order valence-corrected chi connectivity index (χ4v) is 3.42. The Morgan fingerprint density at radius 2 is 1.74 bits per heavy atom. The zero-order valence-electron chi connectivity index (χ0n) is 15.1. The first-order valence-corrected chi connectivity index (χ1v) is 9.71. The third kappa shape index (κ3) is 3.90. The van der Waals surface area contributed by atoms with Gasteiger partial charge in [0.15, 0.2) is 6.10 Å². The molecule has 0 fully saturated rings. The lowest BCUT2D eigenvalue weighted by Crippen LogP contribution is -2.03. The predicted molar refractivity (Wildman–Crippen MR) is 106 cm³/mol. The fourth-order valence-electron chi connectivity index (χ4n) is 2.67. The molecule has 0 spiro atoms. The Morgan fingerprint density at radius 3 is 2.44 bits per heavy atom. The maximum Gasteiger partial charge on any atom is 0.267 e. The number of hydrogen-bond acceptors (Lipinski definition) is 6. The molecule has 0 radical (unpaired) electrons. The van der Waals surface area contributed by atoms with Crippen LogP contribution in [0.4, 0.5) is 0 Å². The Kier molecular flexibility index (Phi) is 4.98. The molecule has 0 saturated carbocycles. The number of aromatic nitrogens is 3. The van der Waals surface area contributed by atoms with E-state index in [2.05, 4.69) is 27.4 Å². The summed E-state index contributed by atoms with van der Waals surface area (Å²) in [6.45, 7) is 4.00. The lowest BCUT2D eigenvalue weighted by Gasteiger charge is -2.09. The quantitative estimate of drug-likeness (QED) is 0.440. The van der Waals surface area contributed by atoms with E-state index in [1.807, 2.05) is 61.5 Å². The lowest BCUT2D eigenvalue weighted by molar-refractivity contribution is 0.176. The molecule has 0 amide bonds. The first-order valence-electron chi connectivity index (χ1n) is 8.83. The van der Waals surface area contributed by atoms with Crippen molar-refractivity contribution in [3.63, 3.8) is 0 Å². The molecule has 136 valence electrons. The van der Waals surface area contributed by atoms with Crippen LogP contribution in [-0.4, -0.2) is 15.1 Å². The van der Waals surface area contributed by atoms with E-state index < -0.39 is 0 Å². The molecule has 0 bridgehead atoms. The summed E-state index contributed by atoms with van der Waals surface area (Å²) in [4.78, 5) is 9.10. The van der Waals surface area contributed by atoms with Gasteiger partial charge in [-0.3, -0.25) is 0 Å². The summed E-state index contributed by atoms with van der Waals surface area (Å²) in [5.41, 5.74) is 2.98. The molecule has 0 unspecified atom stereocenters. The first kappa shape index (κ1) is 17.4. The van der Waals surface area contributed by atoms with E-state index in [1.165, 1.54) is 0 Å². The second kappa shape index (κ2) is 7.72. The lowest BCUT2D eigenvalue weighted by atomic mass is 10.1. The van der Waals surface area contributed by atoms with E-state index >= 15 is 0 Å². The summed E-state index contributed by atoms with van der Waals surface area (Å²) in [5.74, 6) is 1.77. The van der Waals surface area contributed by atoms with Crippen LogP contribution >= 0.6 is 11.3 Å². The van der Waals surface area contributed by atoms with Gasteiger partial charge in [-0.2, -0.15) is 4.98 Å². The van der Waals surface area contributed by atoms with Crippen LogP contribution in [0.3, 0.4) is 0 Å². The standard InChI is InChI=1S/C21H19N3O2S/c1-3-19-22-18(13-27-19)15-9-11-16(12-10-15)20-23-21(26-24-20)14(2)25-17-7-5-4-6-8-17/h4-14H,3H2,1-2H3/t14-/m0/s1. The Labute approximate surface area is 161 Å². The molecule has 27 heavy (non-hydrogen) atoms. The van der Waals surface area contributed by atoms with Gasteiger partial charge in [0.2, 0.25) is 5.82 Å². The Balaban J connectivity index is 1.49. The Hall–Kier alpha value is -2.99. The van der Waals surface area contributed by atoms with Crippen molar-refractivity contribution in [1.29, 1.82) is 0 Å². The molecular weight excluding hydrogens is 358 g/mol. The molecule has 2 aromatic heterocycles. The average Bonchev–Trinajstić information content (AvgIpc) is 3.39. The van der Waals surface area contributed by atoms with Gasteiger partial charge in [-0.1, -0.05) is 54.5 Å². The summed E-state index contributed by atoms with van der Waals surface area (Å²) < 4.78 is 11.2. The predicted octanol–water partition coefficient (Wildman–Crippen LogP) is 5.56. The molecule has 2 heterocycles. The van der Waals surface area contributed by atoms with E-state index in [0.717, 1.165) is 34.0 Å². The molecule has 0 aliphatic rings. The summed E-state index contributed by atoms with van der Waals surface area (Å²) in [6, 6.07) is 17.6. The smallest absolute Gasteiger partial charge is 0.267 e. The van der Waals surface area contributed by atoms with Crippen LogP contribution < -0.4 is 4.74 Å². The minimum absolute atomic E-state index is 0.324. The highest BCUT2D eigenvalue weighted by Crippen LogP contribution is 2.26. The van der Waals surface area contributed by atoms with E-state index in [0.29, 0.717) is 11.7 Å². The van der Waals surface area contributed by atoms with Gasteiger partial charge in [0.05, 0.1) is 10.7 Å². The van der Waals surface area contributed by atoms with Crippen molar-refractivity contribution < 1.29 is 9.26 Å². The third-order valence-corrected chi connectivity index (χ3v) is 5.13. The second-order valence-electron chi connectivity index (χ2n) is 6.09. The van der Waals surface area contributed by atoms with Crippen molar-refractivity contribution in [3.8, 4) is 28.4 Å². The summed E-state index contributed by atoms with van der Waals surface area (Å²) in [5, 5.41) is 7.32. The minimum atomic E-state index is -0.324. The Bertz CT molecular complexity index is 1010. The van der Waals surface area contributed by atoms with Crippen LogP contribution in [0.2, 0.25) is 0 Å². The number of ether oxygens (including phenoxy) is 1. The topological polar surface area (TPSA) is 61.0 Å². The molecule has 6 heteroatoms. The second-order valence-corrected chi connectivity index (χ2v) is 7.03. The van der Waals surface area contributed by atoms with Crippen LogP contribution in [0.5, 0.6) is 5.75 Å². The molecular formula is C21H19N3O2S. The number of benzene rings is 2. The summed E-state index contributed by atoms with van der Waals surface area (Å²) in [6.07, 6.45) is 0.632. The van der Waals surface area contributed by atoms with Gasteiger partial charge in [0.25, 0.3) is 5.89 Å². The normalized spacial score (nSPS) is 12.1. The zero-order chi connectivity index (χ0) is 18.6. The van der Waals surface area contributed by atoms with Crippen LogP contribution in [0.1, 0.15) is 30.8 Å². The molecule has 2 aromatic carbocycles. The van der Waals surface area contributed by atoms with Crippen molar-refractivity contribution in [2.24, 2.45) is 0 Å².